The third kappa shape index (κ3) is 3.55. The van der Waals surface area contributed by atoms with Gasteiger partial charge in [-0.05, 0) is 43.1 Å². The van der Waals surface area contributed by atoms with E-state index >= 15 is 0 Å². The SMILES string of the molecule is COc1ccccc1[C@@H]1c2sc(=O)[nH]c2S[C@@H]2[C@H]3C[C@@H]([C@@H]4C(=O)N(CCCCCC(=O)O)C(=O)[C@H]34)[C@H]12. The van der Waals surface area contributed by atoms with E-state index in [4.69, 9.17) is 9.84 Å². The minimum atomic E-state index is -0.825. The number of fused-ring (bicyclic) bond motifs is 9. The number of thiazole rings is 1. The van der Waals surface area contributed by atoms with Crippen LogP contribution in [0.4, 0.5) is 0 Å². The Morgan fingerprint density at radius 1 is 1.11 bits per heavy atom. The molecule has 3 heterocycles. The lowest BCUT2D eigenvalue weighted by Crippen LogP contribution is -2.42. The fourth-order valence-electron chi connectivity index (χ4n) is 7.29. The van der Waals surface area contributed by atoms with Crippen LogP contribution in [0.15, 0.2) is 34.1 Å². The van der Waals surface area contributed by atoms with Crippen LogP contribution in [0.3, 0.4) is 0 Å². The van der Waals surface area contributed by atoms with Crippen LogP contribution in [-0.2, 0) is 14.4 Å². The number of unbranched alkanes of at least 4 members (excludes halogenated alkanes) is 2. The number of methoxy groups -OCH3 is 1. The van der Waals surface area contributed by atoms with E-state index in [-0.39, 0.29) is 63.9 Å². The first-order valence-electron chi connectivity index (χ1n) is 12.5. The van der Waals surface area contributed by atoms with Gasteiger partial charge in [0.25, 0.3) is 0 Å². The molecule has 2 aromatic rings. The van der Waals surface area contributed by atoms with Gasteiger partial charge in [-0.1, -0.05) is 36.0 Å². The van der Waals surface area contributed by atoms with Crippen LogP contribution in [0, 0.1) is 29.6 Å². The molecule has 36 heavy (non-hydrogen) atoms. The van der Waals surface area contributed by atoms with Crippen molar-refractivity contribution in [1.82, 2.24) is 9.88 Å². The number of carbonyl (C=O) groups excluding carboxylic acids is 2. The number of carboxylic acids is 1. The predicted octanol–water partition coefficient (Wildman–Crippen LogP) is 3.56. The van der Waals surface area contributed by atoms with Crippen molar-refractivity contribution in [3.63, 3.8) is 0 Å². The highest BCUT2D eigenvalue weighted by Gasteiger charge is 2.69. The standard InChI is InChI=1S/C26H28N2O6S2/c1-34-15-8-5-4-7-12(15)17-18-13-11-14(21(18)35-23-22(17)36-26(33)27-23)20-19(13)24(31)28(25(20)32)10-6-2-3-9-16(29)30/h4-5,7-8,13-14,17-21H,2-3,6,9-11H2,1H3,(H,27,33)(H,29,30)/t13-,14+,17+,18-,19+,20-,21-/m1/s1. The van der Waals surface area contributed by atoms with Gasteiger partial charge < -0.3 is 14.8 Å². The lowest BCUT2D eigenvalue weighted by atomic mass is 9.68. The molecule has 10 heteroatoms. The smallest absolute Gasteiger partial charge is 0.305 e. The highest BCUT2D eigenvalue weighted by molar-refractivity contribution is 8.00. The molecule has 2 N–H and O–H groups in total. The number of carboxylic acid groups (broad SMARTS) is 1. The number of hydrogen-bond acceptors (Lipinski definition) is 7. The molecule has 2 saturated carbocycles. The maximum atomic E-state index is 13.6. The number of hydrogen-bond donors (Lipinski definition) is 2. The van der Waals surface area contributed by atoms with E-state index in [0.29, 0.717) is 25.8 Å². The number of aliphatic carboxylic acids is 1. The number of imide groups is 1. The van der Waals surface area contributed by atoms with E-state index in [9.17, 15) is 19.2 Å². The largest absolute Gasteiger partial charge is 0.496 e. The molecule has 1 aromatic heterocycles. The van der Waals surface area contributed by atoms with Crippen molar-refractivity contribution in [2.45, 2.75) is 48.3 Å². The summed E-state index contributed by atoms with van der Waals surface area (Å²) in [6.07, 6.45) is 2.81. The van der Waals surface area contributed by atoms with Gasteiger partial charge in [0.2, 0.25) is 11.8 Å². The van der Waals surface area contributed by atoms with Gasteiger partial charge in [0.05, 0.1) is 24.0 Å². The number of carbonyl (C=O) groups is 3. The topological polar surface area (TPSA) is 117 Å². The quantitative estimate of drug-likeness (QED) is 0.397. The van der Waals surface area contributed by atoms with E-state index in [2.05, 4.69) is 11.1 Å². The highest BCUT2D eigenvalue weighted by atomic mass is 32.2. The second-order valence-electron chi connectivity index (χ2n) is 10.2. The monoisotopic (exact) mass is 528 g/mol. The maximum absolute atomic E-state index is 13.6. The van der Waals surface area contributed by atoms with Crippen LogP contribution in [0.2, 0.25) is 0 Å². The molecule has 4 aliphatic rings. The molecule has 2 bridgehead atoms. The van der Waals surface area contributed by atoms with E-state index < -0.39 is 5.97 Å². The second-order valence-corrected chi connectivity index (χ2v) is 12.4. The fraction of sp³-hybridized carbons (Fsp3) is 0.538. The van der Waals surface area contributed by atoms with E-state index in [1.54, 1.807) is 18.9 Å². The maximum Gasteiger partial charge on any atom is 0.305 e. The summed E-state index contributed by atoms with van der Waals surface area (Å²) < 4.78 is 5.71. The van der Waals surface area contributed by atoms with E-state index in [0.717, 1.165) is 27.6 Å². The molecular weight excluding hydrogens is 500 g/mol. The molecule has 190 valence electrons. The van der Waals surface area contributed by atoms with E-state index in [1.807, 2.05) is 18.2 Å². The first-order chi connectivity index (χ1) is 17.4. The summed E-state index contributed by atoms with van der Waals surface area (Å²) in [7, 11) is 1.65. The second kappa shape index (κ2) is 9.06. The van der Waals surface area contributed by atoms with Gasteiger partial charge in [-0.2, -0.15) is 0 Å². The molecule has 0 spiro atoms. The molecule has 2 amide bonds. The first-order valence-corrected chi connectivity index (χ1v) is 14.2. The Balaban J connectivity index is 1.31. The molecule has 0 radical (unpaired) electrons. The minimum absolute atomic E-state index is 0.0599. The van der Waals surface area contributed by atoms with Crippen molar-refractivity contribution in [2.75, 3.05) is 13.7 Å². The molecule has 7 atom stereocenters. The van der Waals surface area contributed by atoms with Gasteiger partial charge in [-0.25, -0.2) is 0 Å². The normalized spacial score (nSPS) is 31.9. The molecule has 2 aliphatic heterocycles. The van der Waals surface area contributed by atoms with Crippen LogP contribution in [0.25, 0.3) is 0 Å². The molecule has 1 saturated heterocycles. The summed E-state index contributed by atoms with van der Waals surface area (Å²) >= 11 is 2.92. The van der Waals surface area contributed by atoms with Crippen molar-refractivity contribution in [3.05, 3.63) is 44.4 Å². The summed E-state index contributed by atoms with van der Waals surface area (Å²) in [5.74, 6) is -0.523. The van der Waals surface area contributed by atoms with E-state index in [1.165, 1.54) is 16.2 Å². The number of amides is 2. The number of nitrogens with zero attached hydrogens (tertiary/aromatic N) is 1. The fourth-order valence-corrected chi connectivity index (χ4v) is 10.2. The predicted molar refractivity (Wildman–Crippen MR) is 134 cm³/mol. The molecule has 2 aliphatic carbocycles. The first kappa shape index (κ1) is 23.8. The minimum Gasteiger partial charge on any atom is -0.496 e. The third-order valence-corrected chi connectivity index (χ3v) is 11.1. The number of likely N-dealkylation sites (tertiary alicyclic amines) is 1. The Kier molecular flexibility index (Phi) is 5.99. The molecule has 1 aromatic carbocycles. The Labute approximate surface area is 216 Å². The van der Waals surface area contributed by atoms with Gasteiger partial charge in [-0.15, -0.1) is 11.8 Å². The lowest BCUT2D eigenvalue weighted by molar-refractivity contribution is -0.141. The van der Waals surface area contributed by atoms with Crippen molar-refractivity contribution >= 4 is 40.9 Å². The van der Waals surface area contributed by atoms with Crippen molar-refractivity contribution in [1.29, 1.82) is 0 Å². The molecule has 8 nitrogen and oxygen atoms in total. The van der Waals surface area contributed by atoms with Crippen LogP contribution in [0.1, 0.15) is 48.5 Å². The van der Waals surface area contributed by atoms with Gasteiger partial charge in [0, 0.05) is 34.6 Å². The van der Waals surface area contributed by atoms with Crippen LogP contribution >= 0.6 is 23.1 Å². The van der Waals surface area contributed by atoms with Gasteiger partial charge in [0.15, 0.2) is 0 Å². The summed E-state index contributed by atoms with van der Waals surface area (Å²) in [4.78, 5) is 55.6. The average molecular weight is 529 g/mol. The summed E-state index contributed by atoms with van der Waals surface area (Å²) in [5, 5.41) is 9.87. The number of aromatic nitrogens is 1. The Hall–Kier alpha value is -2.59. The van der Waals surface area contributed by atoms with Gasteiger partial charge in [0.1, 0.15) is 5.75 Å². The molecular formula is C26H28N2O6S2. The van der Waals surface area contributed by atoms with Crippen LogP contribution in [0.5, 0.6) is 5.75 Å². The Bertz CT molecular complexity index is 1290. The number of H-pyrrole nitrogens is 1. The summed E-state index contributed by atoms with van der Waals surface area (Å²) in [6, 6.07) is 7.91. The number of benzene rings is 1. The molecule has 0 unspecified atom stereocenters. The van der Waals surface area contributed by atoms with Crippen LogP contribution in [-0.4, -0.2) is 51.7 Å². The van der Waals surface area contributed by atoms with Crippen LogP contribution < -0.4 is 9.61 Å². The number of thioether (sulfide) groups is 1. The third-order valence-electron chi connectivity index (χ3n) is 8.56. The molecule has 6 rings (SSSR count). The Morgan fingerprint density at radius 2 is 1.86 bits per heavy atom. The Morgan fingerprint density at radius 3 is 2.61 bits per heavy atom. The zero-order valence-electron chi connectivity index (χ0n) is 19.8. The summed E-state index contributed by atoms with van der Waals surface area (Å²) in [5.41, 5.74) is 1.03. The van der Waals surface area contributed by atoms with Crippen molar-refractivity contribution < 1.29 is 24.2 Å². The number of ether oxygens (including phenoxy) is 1. The number of para-hydroxylation sites is 1. The van der Waals surface area contributed by atoms with Crippen molar-refractivity contribution in [3.8, 4) is 5.75 Å². The molecule has 3 fully saturated rings. The number of rotatable bonds is 8. The average Bonchev–Trinajstić information content (AvgIpc) is 3.58. The summed E-state index contributed by atoms with van der Waals surface area (Å²) in [6.45, 7) is 0.364. The lowest BCUT2D eigenvalue weighted by Gasteiger charge is -2.43. The van der Waals surface area contributed by atoms with Crippen molar-refractivity contribution in [2.24, 2.45) is 29.6 Å². The van der Waals surface area contributed by atoms with Gasteiger partial charge >= 0.3 is 10.8 Å². The van der Waals surface area contributed by atoms with Gasteiger partial charge in [-0.3, -0.25) is 24.1 Å². The zero-order chi connectivity index (χ0) is 25.1. The highest BCUT2D eigenvalue weighted by Crippen LogP contribution is 2.68. The zero-order valence-corrected chi connectivity index (χ0v) is 21.5. The number of aromatic amines is 1. The number of nitrogens with one attached hydrogen (secondary N) is 1.